The molecule has 19 heavy (non-hydrogen) atoms. The predicted molar refractivity (Wildman–Crippen MR) is 67.7 cm³/mol. The molecule has 0 radical (unpaired) electrons. The van der Waals surface area contributed by atoms with Crippen LogP contribution in [0.3, 0.4) is 0 Å². The summed E-state index contributed by atoms with van der Waals surface area (Å²) in [5.74, 6) is -0.477. The highest BCUT2D eigenvalue weighted by Crippen LogP contribution is 2.28. The first-order valence-corrected chi connectivity index (χ1v) is 7.37. The average molecular weight is 285 g/mol. The summed E-state index contributed by atoms with van der Waals surface area (Å²) in [5, 5.41) is 8.75. The monoisotopic (exact) mass is 285 g/mol. The van der Waals surface area contributed by atoms with Gasteiger partial charge in [-0.05, 0) is 23.8 Å². The lowest BCUT2D eigenvalue weighted by Crippen LogP contribution is -2.35. The number of carboxylic acids is 1. The molecule has 1 aromatic rings. The fraction of sp³-hybridized carbons (Fsp3) is 0.417. The van der Waals surface area contributed by atoms with Crippen LogP contribution in [-0.2, 0) is 21.2 Å². The summed E-state index contributed by atoms with van der Waals surface area (Å²) in [7, 11) is -3.77. The largest absolute Gasteiger partial charge is 0.493 e. The second-order valence-corrected chi connectivity index (χ2v) is 6.13. The number of hydrogen-bond acceptors (Lipinski definition) is 4. The van der Waals surface area contributed by atoms with E-state index in [1.165, 1.54) is 6.07 Å². The summed E-state index contributed by atoms with van der Waals surface area (Å²) in [4.78, 5) is 10.8. The standard InChI is InChI=1S/C12H15NO5S/c1-2-13(8-12(14)15)19(16,17)10-3-4-11-9(7-10)5-6-18-11/h3-4,7H,2,5-6,8H2,1H3,(H,14,15). The van der Waals surface area contributed by atoms with Crippen LogP contribution in [0.5, 0.6) is 5.75 Å². The highest BCUT2D eigenvalue weighted by Gasteiger charge is 2.26. The molecule has 0 spiro atoms. The molecule has 6 nitrogen and oxygen atoms in total. The van der Waals surface area contributed by atoms with Crippen molar-refractivity contribution in [2.45, 2.75) is 18.2 Å². The van der Waals surface area contributed by atoms with Gasteiger partial charge in [0.1, 0.15) is 12.3 Å². The van der Waals surface area contributed by atoms with Crippen molar-refractivity contribution in [2.24, 2.45) is 0 Å². The molecule has 0 bridgehead atoms. The molecular formula is C12H15NO5S. The fourth-order valence-electron chi connectivity index (χ4n) is 1.99. The van der Waals surface area contributed by atoms with Crippen molar-refractivity contribution in [1.82, 2.24) is 4.31 Å². The third-order valence-corrected chi connectivity index (χ3v) is 4.88. The number of carbonyl (C=O) groups is 1. The molecule has 0 aliphatic carbocycles. The van der Waals surface area contributed by atoms with E-state index in [4.69, 9.17) is 9.84 Å². The lowest BCUT2D eigenvalue weighted by molar-refractivity contribution is -0.137. The van der Waals surface area contributed by atoms with Crippen LogP contribution in [0.4, 0.5) is 0 Å². The van der Waals surface area contributed by atoms with E-state index < -0.39 is 22.5 Å². The van der Waals surface area contributed by atoms with E-state index >= 15 is 0 Å². The van der Waals surface area contributed by atoms with Gasteiger partial charge in [0.05, 0.1) is 11.5 Å². The van der Waals surface area contributed by atoms with Crippen LogP contribution in [0, 0.1) is 0 Å². The molecule has 1 N–H and O–H groups in total. The third kappa shape index (κ3) is 2.71. The maximum Gasteiger partial charge on any atom is 0.318 e. The molecule has 7 heteroatoms. The van der Waals surface area contributed by atoms with Crippen molar-refractivity contribution >= 4 is 16.0 Å². The van der Waals surface area contributed by atoms with Gasteiger partial charge in [-0.2, -0.15) is 4.31 Å². The molecule has 1 heterocycles. The number of carboxylic acid groups (broad SMARTS) is 1. The molecule has 2 rings (SSSR count). The van der Waals surface area contributed by atoms with Crippen LogP contribution in [0.1, 0.15) is 12.5 Å². The zero-order chi connectivity index (χ0) is 14.0. The van der Waals surface area contributed by atoms with Crippen molar-refractivity contribution in [3.63, 3.8) is 0 Å². The molecule has 0 amide bonds. The summed E-state index contributed by atoms with van der Waals surface area (Å²) < 4.78 is 30.9. The van der Waals surface area contributed by atoms with Gasteiger partial charge < -0.3 is 9.84 Å². The quantitative estimate of drug-likeness (QED) is 0.861. The third-order valence-electron chi connectivity index (χ3n) is 2.96. The van der Waals surface area contributed by atoms with Crippen LogP contribution < -0.4 is 4.74 Å². The number of likely N-dealkylation sites (N-methyl/N-ethyl adjacent to an activating group) is 1. The average Bonchev–Trinajstić information content (AvgIpc) is 2.82. The number of ether oxygens (including phenoxy) is 1. The van der Waals surface area contributed by atoms with Crippen LogP contribution in [0.25, 0.3) is 0 Å². The Morgan fingerprint density at radius 2 is 2.21 bits per heavy atom. The minimum absolute atomic E-state index is 0.111. The molecule has 0 atom stereocenters. The topological polar surface area (TPSA) is 83.9 Å². The minimum atomic E-state index is -3.77. The summed E-state index contributed by atoms with van der Waals surface area (Å²) >= 11 is 0. The fourth-order valence-corrected chi connectivity index (χ4v) is 3.44. The first-order chi connectivity index (χ1) is 8.95. The van der Waals surface area contributed by atoms with Gasteiger partial charge in [0.15, 0.2) is 0 Å². The molecule has 1 aliphatic heterocycles. The molecule has 0 unspecified atom stereocenters. The second kappa shape index (κ2) is 5.18. The van der Waals surface area contributed by atoms with Crippen molar-refractivity contribution in [2.75, 3.05) is 19.7 Å². The van der Waals surface area contributed by atoms with E-state index in [2.05, 4.69) is 0 Å². The van der Waals surface area contributed by atoms with E-state index in [-0.39, 0.29) is 11.4 Å². The van der Waals surface area contributed by atoms with Crippen LogP contribution in [0.15, 0.2) is 23.1 Å². The first-order valence-electron chi connectivity index (χ1n) is 5.93. The number of rotatable bonds is 5. The number of nitrogens with zero attached hydrogens (tertiary/aromatic N) is 1. The Labute approximate surface area is 111 Å². The summed E-state index contributed by atoms with van der Waals surface area (Å²) in [6, 6.07) is 4.62. The van der Waals surface area contributed by atoms with E-state index in [9.17, 15) is 13.2 Å². The Bertz CT molecular complexity index is 596. The smallest absolute Gasteiger partial charge is 0.318 e. The number of benzene rings is 1. The highest BCUT2D eigenvalue weighted by molar-refractivity contribution is 7.89. The maximum atomic E-state index is 12.3. The Kier molecular flexibility index (Phi) is 3.77. The Morgan fingerprint density at radius 3 is 2.84 bits per heavy atom. The van der Waals surface area contributed by atoms with Crippen LogP contribution >= 0.6 is 0 Å². The SMILES string of the molecule is CCN(CC(=O)O)S(=O)(=O)c1ccc2c(c1)CCO2. The maximum absolute atomic E-state index is 12.3. The molecule has 0 fully saturated rings. The zero-order valence-corrected chi connectivity index (χ0v) is 11.3. The van der Waals surface area contributed by atoms with E-state index in [1.807, 2.05) is 0 Å². The van der Waals surface area contributed by atoms with E-state index in [1.54, 1.807) is 19.1 Å². The van der Waals surface area contributed by atoms with Crippen molar-refractivity contribution in [3.05, 3.63) is 23.8 Å². The summed E-state index contributed by atoms with van der Waals surface area (Å²) in [5.41, 5.74) is 0.840. The van der Waals surface area contributed by atoms with Gasteiger partial charge in [-0.15, -0.1) is 0 Å². The first kappa shape index (κ1) is 13.8. The summed E-state index contributed by atoms with van der Waals surface area (Å²) in [6.07, 6.45) is 0.670. The second-order valence-electron chi connectivity index (χ2n) is 4.19. The molecular weight excluding hydrogens is 270 g/mol. The van der Waals surface area contributed by atoms with Crippen LogP contribution in [0.2, 0.25) is 0 Å². The van der Waals surface area contributed by atoms with Gasteiger partial charge in [0, 0.05) is 13.0 Å². The lowest BCUT2D eigenvalue weighted by Gasteiger charge is -2.18. The molecule has 0 aromatic heterocycles. The van der Waals surface area contributed by atoms with Gasteiger partial charge in [0.2, 0.25) is 10.0 Å². The molecule has 0 saturated carbocycles. The lowest BCUT2D eigenvalue weighted by atomic mass is 10.2. The normalized spacial score (nSPS) is 14.2. The molecule has 104 valence electrons. The van der Waals surface area contributed by atoms with Crippen molar-refractivity contribution < 1.29 is 23.1 Å². The van der Waals surface area contributed by atoms with Crippen molar-refractivity contribution in [3.8, 4) is 5.75 Å². The van der Waals surface area contributed by atoms with Crippen LogP contribution in [-0.4, -0.2) is 43.5 Å². The van der Waals surface area contributed by atoms with E-state index in [0.29, 0.717) is 18.8 Å². The van der Waals surface area contributed by atoms with Gasteiger partial charge >= 0.3 is 5.97 Å². The molecule has 1 aromatic carbocycles. The predicted octanol–water partition coefficient (Wildman–Crippen LogP) is 0.717. The van der Waals surface area contributed by atoms with Gasteiger partial charge in [-0.1, -0.05) is 6.92 Å². The zero-order valence-electron chi connectivity index (χ0n) is 10.5. The van der Waals surface area contributed by atoms with Gasteiger partial charge in [-0.25, -0.2) is 8.42 Å². The highest BCUT2D eigenvalue weighted by atomic mass is 32.2. The number of sulfonamides is 1. The minimum Gasteiger partial charge on any atom is -0.493 e. The molecule has 0 saturated heterocycles. The Morgan fingerprint density at radius 1 is 1.47 bits per heavy atom. The summed E-state index contributed by atoms with van der Waals surface area (Å²) in [6.45, 7) is 1.73. The molecule has 1 aliphatic rings. The number of aliphatic carboxylic acids is 1. The number of fused-ring (bicyclic) bond motifs is 1. The Balaban J connectivity index is 2.35. The van der Waals surface area contributed by atoms with E-state index in [0.717, 1.165) is 9.87 Å². The Hall–Kier alpha value is -1.60. The van der Waals surface area contributed by atoms with Gasteiger partial charge in [0.25, 0.3) is 0 Å². The number of hydrogen-bond donors (Lipinski definition) is 1. The van der Waals surface area contributed by atoms with Gasteiger partial charge in [-0.3, -0.25) is 4.79 Å². The van der Waals surface area contributed by atoms with Crippen molar-refractivity contribution in [1.29, 1.82) is 0 Å².